The lowest BCUT2D eigenvalue weighted by molar-refractivity contribution is -0.384. The smallest absolute Gasteiger partial charge is 0.269 e. The van der Waals surface area contributed by atoms with Crippen LogP contribution in [0.5, 0.6) is 0 Å². The van der Waals surface area contributed by atoms with Crippen LogP contribution in [-0.4, -0.2) is 36.4 Å². The van der Waals surface area contributed by atoms with Gasteiger partial charge in [-0.05, 0) is 25.0 Å². The quantitative estimate of drug-likeness (QED) is 0.324. The number of non-ortho nitro benzene ring substituents is 1. The van der Waals surface area contributed by atoms with E-state index in [1.165, 1.54) is 19.1 Å². The number of nitrogens with zero attached hydrogens (tertiary/aromatic N) is 1. The van der Waals surface area contributed by atoms with Crippen molar-refractivity contribution in [2.75, 3.05) is 25.0 Å². The number of hydrogen-bond donors (Lipinski definition) is 3. The highest BCUT2D eigenvalue weighted by atomic mass is 16.6. The minimum absolute atomic E-state index is 0.0000246. The highest BCUT2D eigenvalue weighted by molar-refractivity contribution is 5.75. The van der Waals surface area contributed by atoms with E-state index in [1.807, 2.05) is 0 Å². The normalized spacial score (nSPS) is 10.0. The number of nitro groups is 1. The van der Waals surface area contributed by atoms with Crippen molar-refractivity contribution in [3.05, 3.63) is 34.4 Å². The molecule has 0 saturated heterocycles. The van der Waals surface area contributed by atoms with Gasteiger partial charge in [-0.15, -0.1) is 0 Å². The molecule has 0 aromatic heterocycles. The first-order valence-corrected chi connectivity index (χ1v) is 7.98. The molecule has 0 saturated carbocycles. The summed E-state index contributed by atoms with van der Waals surface area (Å²) in [5, 5.41) is 19.2. The molecule has 0 aliphatic heterocycles. The number of amides is 2. The third-order valence-corrected chi connectivity index (χ3v) is 3.31. The van der Waals surface area contributed by atoms with Gasteiger partial charge < -0.3 is 16.0 Å². The Bertz CT molecular complexity index is 546. The van der Waals surface area contributed by atoms with Crippen molar-refractivity contribution >= 4 is 23.2 Å². The van der Waals surface area contributed by atoms with Crippen LogP contribution in [0.4, 0.5) is 11.4 Å². The molecule has 0 atom stereocenters. The second kappa shape index (κ2) is 11.0. The molecule has 0 heterocycles. The average Bonchev–Trinajstić information content (AvgIpc) is 2.55. The van der Waals surface area contributed by atoms with Crippen LogP contribution in [0.15, 0.2) is 24.3 Å². The van der Waals surface area contributed by atoms with Gasteiger partial charge in [-0.2, -0.15) is 0 Å². The SMILES string of the molecule is CC(=O)NCCCCCC(=O)NCCNc1ccc([N+](=O)[O-])cc1. The second-order valence-corrected chi connectivity index (χ2v) is 5.37. The molecule has 8 heteroatoms. The van der Waals surface area contributed by atoms with Crippen molar-refractivity contribution in [3.63, 3.8) is 0 Å². The maximum Gasteiger partial charge on any atom is 0.269 e. The third kappa shape index (κ3) is 8.72. The zero-order valence-electron chi connectivity index (χ0n) is 13.8. The number of hydrogen-bond acceptors (Lipinski definition) is 5. The van der Waals surface area contributed by atoms with Crippen molar-refractivity contribution in [1.82, 2.24) is 10.6 Å². The summed E-state index contributed by atoms with van der Waals surface area (Å²) in [6, 6.07) is 6.13. The summed E-state index contributed by atoms with van der Waals surface area (Å²) in [5.74, 6) is -0.0340. The molecule has 0 unspecified atom stereocenters. The molecule has 8 nitrogen and oxygen atoms in total. The Labute approximate surface area is 141 Å². The van der Waals surface area contributed by atoms with E-state index in [9.17, 15) is 19.7 Å². The van der Waals surface area contributed by atoms with E-state index in [0.717, 1.165) is 24.9 Å². The van der Waals surface area contributed by atoms with Crippen molar-refractivity contribution in [3.8, 4) is 0 Å². The fourth-order valence-electron chi connectivity index (χ4n) is 2.05. The van der Waals surface area contributed by atoms with Gasteiger partial charge in [0, 0.05) is 50.8 Å². The number of rotatable bonds is 11. The number of nitro benzene ring substituents is 1. The average molecular weight is 336 g/mol. The molecule has 0 bridgehead atoms. The Morgan fingerprint density at radius 2 is 1.71 bits per heavy atom. The molecule has 3 N–H and O–H groups in total. The predicted molar refractivity (Wildman–Crippen MR) is 91.7 cm³/mol. The van der Waals surface area contributed by atoms with Gasteiger partial charge in [-0.1, -0.05) is 6.42 Å². The number of carbonyl (C=O) groups excluding carboxylic acids is 2. The van der Waals surface area contributed by atoms with Gasteiger partial charge in [0.1, 0.15) is 0 Å². The Hall–Kier alpha value is -2.64. The van der Waals surface area contributed by atoms with Crippen LogP contribution in [0, 0.1) is 10.1 Å². The van der Waals surface area contributed by atoms with Gasteiger partial charge in [-0.3, -0.25) is 19.7 Å². The molecule has 0 fully saturated rings. The monoisotopic (exact) mass is 336 g/mol. The summed E-state index contributed by atoms with van der Waals surface area (Å²) in [4.78, 5) is 32.4. The van der Waals surface area contributed by atoms with E-state index in [-0.39, 0.29) is 17.5 Å². The highest BCUT2D eigenvalue weighted by Gasteiger charge is 2.04. The van der Waals surface area contributed by atoms with E-state index < -0.39 is 4.92 Å². The maximum atomic E-state index is 11.6. The molecule has 0 spiro atoms. The standard InChI is InChI=1S/C16H24N4O4/c1-13(21)17-10-4-2-3-5-16(22)19-12-11-18-14-6-8-15(9-7-14)20(23)24/h6-9,18H,2-5,10-12H2,1H3,(H,17,21)(H,19,22). The first-order chi connectivity index (χ1) is 11.5. The lowest BCUT2D eigenvalue weighted by Gasteiger charge is -2.08. The lowest BCUT2D eigenvalue weighted by atomic mass is 10.2. The summed E-state index contributed by atoms with van der Waals surface area (Å²) in [7, 11) is 0. The van der Waals surface area contributed by atoms with Crippen molar-refractivity contribution in [2.24, 2.45) is 0 Å². The van der Waals surface area contributed by atoms with Crippen LogP contribution in [0.2, 0.25) is 0 Å². The molecular weight excluding hydrogens is 312 g/mol. The third-order valence-electron chi connectivity index (χ3n) is 3.31. The molecule has 0 aliphatic carbocycles. The largest absolute Gasteiger partial charge is 0.383 e. The van der Waals surface area contributed by atoms with E-state index in [1.54, 1.807) is 12.1 Å². The van der Waals surface area contributed by atoms with Crippen LogP contribution >= 0.6 is 0 Å². The Morgan fingerprint density at radius 3 is 2.33 bits per heavy atom. The van der Waals surface area contributed by atoms with Gasteiger partial charge in [0.15, 0.2) is 0 Å². The maximum absolute atomic E-state index is 11.6. The van der Waals surface area contributed by atoms with E-state index in [0.29, 0.717) is 26.1 Å². The van der Waals surface area contributed by atoms with Gasteiger partial charge in [0.25, 0.3) is 5.69 Å². The molecule has 132 valence electrons. The molecule has 0 aliphatic rings. The molecule has 24 heavy (non-hydrogen) atoms. The topological polar surface area (TPSA) is 113 Å². The summed E-state index contributed by atoms with van der Waals surface area (Å²) in [6.07, 6.45) is 3.03. The van der Waals surface area contributed by atoms with E-state index in [2.05, 4.69) is 16.0 Å². The van der Waals surface area contributed by atoms with Crippen LogP contribution in [-0.2, 0) is 9.59 Å². The highest BCUT2D eigenvalue weighted by Crippen LogP contribution is 2.14. The number of benzene rings is 1. The number of nitrogens with one attached hydrogen (secondary N) is 3. The minimum atomic E-state index is -0.444. The summed E-state index contributed by atoms with van der Waals surface area (Å²) < 4.78 is 0. The summed E-state index contributed by atoms with van der Waals surface area (Å²) in [5.41, 5.74) is 0.820. The Kier molecular flexibility index (Phi) is 8.88. The minimum Gasteiger partial charge on any atom is -0.383 e. The van der Waals surface area contributed by atoms with Crippen molar-refractivity contribution < 1.29 is 14.5 Å². The van der Waals surface area contributed by atoms with Crippen LogP contribution < -0.4 is 16.0 Å². The molecule has 2 amide bonds. The van der Waals surface area contributed by atoms with Crippen molar-refractivity contribution in [2.45, 2.75) is 32.6 Å². The van der Waals surface area contributed by atoms with Crippen molar-refractivity contribution in [1.29, 1.82) is 0 Å². The number of unbranched alkanes of at least 4 members (excludes halogenated alkanes) is 2. The van der Waals surface area contributed by atoms with Gasteiger partial charge in [-0.25, -0.2) is 0 Å². The zero-order valence-corrected chi connectivity index (χ0v) is 13.8. The first-order valence-electron chi connectivity index (χ1n) is 7.98. The molecular formula is C16H24N4O4. The first kappa shape index (κ1) is 19.4. The van der Waals surface area contributed by atoms with Crippen LogP contribution in [0.25, 0.3) is 0 Å². The number of anilines is 1. The zero-order chi connectivity index (χ0) is 17.8. The van der Waals surface area contributed by atoms with E-state index in [4.69, 9.17) is 0 Å². The van der Waals surface area contributed by atoms with E-state index >= 15 is 0 Å². The Morgan fingerprint density at radius 1 is 1.00 bits per heavy atom. The van der Waals surface area contributed by atoms with Gasteiger partial charge in [0.2, 0.25) is 11.8 Å². The molecule has 1 aromatic carbocycles. The summed E-state index contributed by atoms with van der Waals surface area (Å²) in [6.45, 7) is 3.17. The molecule has 0 radical (unpaired) electrons. The second-order valence-electron chi connectivity index (χ2n) is 5.37. The van der Waals surface area contributed by atoms with Crippen LogP contribution in [0.1, 0.15) is 32.6 Å². The number of carbonyl (C=O) groups is 2. The summed E-state index contributed by atoms with van der Waals surface area (Å²) >= 11 is 0. The molecule has 1 aromatic rings. The van der Waals surface area contributed by atoms with Crippen LogP contribution in [0.3, 0.4) is 0 Å². The van der Waals surface area contributed by atoms with Gasteiger partial charge in [0.05, 0.1) is 4.92 Å². The van der Waals surface area contributed by atoms with Gasteiger partial charge >= 0.3 is 0 Å². The predicted octanol–water partition coefficient (Wildman–Crippen LogP) is 1.82. The fraction of sp³-hybridized carbons (Fsp3) is 0.500. The molecule has 1 rings (SSSR count). The lowest BCUT2D eigenvalue weighted by Crippen LogP contribution is -2.28. The fourth-order valence-corrected chi connectivity index (χ4v) is 2.05. The Balaban J connectivity index is 2.04.